The Balaban J connectivity index is 1.52. The Morgan fingerprint density at radius 2 is 1.54 bits per heavy atom. The summed E-state index contributed by atoms with van der Waals surface area (Å²) in [5.41, 5.74) is 15.8. The van der Waals surface area contributed by atoms with E-state index in [0.29, 0.717) is 34.6 Å². The summed E-state index contributed by atoms with van der Waals surface area (Å²) in [7, 11) is 0. The molecule has 0 radical (unpaired) electrons. The first-order chi connectivity index (χ1) is 17.9. The fraction of sp³-hybridized carbons (Fsp3) is 0.0345. The summed E-state index contributed by atoms with van der Waals surface area (Å²) in [5.74, 6) is -1.39. The smallest absolute Gasteiger partial charge is 0.272 e. The van der Waals surface area contributed by atoms with Crippen molar-refractivity contribution in [2.75, 3.05) is 5.32 Å². The Morgan fingerprint density at radius 1 is 0.784 bits per heavy atom. The molecule has 8 nitrogen and oxygen atoms in total. The lowest BCUT2D eigenvalue weighted by atomic mass is 10.1. The van der Waals surface area contributed by atoms with Crippen molar-refractivity contribution >= 4 is 34.3 Å². The largest absolute Gasteiger partial charge is 0.366 e. The van der Waals surface area contributed by atoms with Crippen molar-refractivity contribution in [1.82, 2.24) is 9.55 Å². The second-order valence-corrected chi connectivity index (χ2v) is 8.56. The van der Waals surface area contributed by atoms with E-state index >= 15 is 0 Å². The first-order valence-electron chi connectivity index (χ1n) is 11.5. The molecule has 37 heavy (non-hydrogen) atoms. The summed E-state index contributed by atoms with van der Waals surface area (Å²) in [6, 6.07) is 26.8. The van der Waals surface area contributed by atoms with E-state index in [4.69, 9.17) is 11.5 Å². The third kappa shape index (κ3) is 4.94. The lowest BCUT2D eigenvalue weighted by Gasteiger charge is -2.13. The second kappa shape index (κ2) is 9.79. The number of hydrogen-bond acceptors (Lipinski definition) is 4. The van der Waals surface area contributed by atoms with Crippen LogP contribution in [0.15, 0.2) is 97.2 Å². The highest BCUT2D eigenvalue weighted by Crippen LogP contribution is 2.25. The van der Waals surface area contributed by atoms with Crippen molar-refractivity contribution < 1.29 is 14.4 Å². The standard InChI is InChI=1S/C29H23N5O3/c30-27(35)19-9-7-18(8-10-19)17-34-25-16-22(28(31)36)12-11-21(25)15-26(34)29(37)33-23-5-3-4-20(14-23)24-6-1-2-13-32-24/h1-16H,17H2,(H2,30,35)(H2,31,36)(H,33,37). The van der Waals surface area contributed by atoms with Gasteiger partial charge in [0.25, 0.3) is 5.91 Å². The molecule has 0 fully saturated rings. The van der Waals surface area contributed by atoms with Crippen LogP contribution in [0.3, 0.4) is 0 Å². The number of carbonyl (C=O) groups excluding carboxylic acids is 3. The number of rotatable bonds is 7. The molecule has 0 saturated heterocycles. The minimum atomic E-state index is -0.558. The van der Waals surface area contributed by atoms with Crippen LogP contribution in [0.5, 0.6) is 0 Å². The number of amides is 3. The van der Waals surface area contributed by atoms with E-state index in [9.17, 15) is 14.4 Å². The number of benzene rings is 3. The van der Waals surface area contributed by atoms with Crippen LogP contribution in [0.25, 0.3) is 22.2 Å². The van der Waals surface area contributed by atoms with Crippen molar-refractivity contribution in [3.8, 4) is 11.3 Å². The molecule has 182 valence electrons. The molecule has 0 saturated carbocycles. The summed E-state index contributed by atoms with van der Waals surface area (Å²) in [4.78, 5) is 41.2. The van der Waals surface area contributed by atoms with Crippen LogP contribution in [0.4, 0.5) is 5.69 Å². The molecule has 5 N–H and O–H groups in total. The maximum atomic E-state index is 13.5. The third-order valence-corrected chi connectivity index (χ3v) is 6.08. The average molecular weight is 490 g/mol. The Kier molecular flexibility index (Phi) is 6.22. The molecule has 0 atom stereocenters. The number of primary amides is 2. The van der Waals surface area contributed by atoms with Crippen LogP contribution in [0.2, 0.25) is 0 Å². The SMILES string of the molecule is NC(=O)c1ccc(Cn2c(C(=O)Nc3cccc(-c4ccccn4)c3)cc3ccc(C(N)=O)cc32)cc1. The molecular formula is C29H23N5O3. The van der Waals surface area contributed by atoms with Gasteiger partial charge in [-0.2, -0.15) is 0 Å². The number of nitrogens with one attached hydrogen (secondary N) is 1. The highest BCUT2D eigenvalue weighted by Gasteiger charge is 2.18. The van der Waals surface area contributed by atoms with Gasteiger partial charge in [0.05, 0.1) is 5.69 Å². The highest BCUT2D eigenvalue weighted by atomic mass is 16.2. The van der Waals surface area contributed by atoms with E-state index in [1.54, 1.807) is 54.7 Å². The zero-order valence-electron chi connectivity index (χ0n) is 19.7. The normalized spacial score (nSPS) is 10.8. The Labute approximate surface area is 212 Å². The number of fused-ring (bicyclic) bond motifs is 1. The molecule has 0 spiro atoms. The van der Waals surface area contributed by atoms with Gasteiger partial charge >= 0.3 is 0 Å². The number of nitrogens with two attached hydrogens (primary N) is 2. The van der Waals surface area contributed by atoms with Crippen LogP contribution < -0.4 is 16.8 Å². The van der Waals surface area contributed by atoms with Crippen molar-refractivity contribution in [2.24, 2.45) is 11.5 Å². The van der Waals surface area contributed by atoms with Crippen LogP contribution in [-0.4, -0.2) is 27.3 Å². The highest BCUT2D eigenvalue weighted by molar-refractivity contribution is 6.07. The van der Waals surface area contributed by atoms with Crippen LogP contribution >= 0.6 is 0 Å². The molecule has 3 aromatic carbocycles. The molecule has 0 aliphatic heterocycles. The van der Waals surface area contributed by atoms with Crippen molar-refractivity contribution in [1.29, 1.82) is 0 Å². The van der Waals surface area contributed by atoms with Crippen LogP contribution in [-0.2, 0) is 6.54 Å². The molecule has 5 aromatic rings. The van der Waals surface area contributed by atoms with E-state index in [1.807, 2.05) is 47.0 Å². The van der Waals surface area contributed by atoms with Crippen molar-refractivity contribution in [2.45, 2.75) is 6.54 Å². The monoisotopic (exact) mass is 489 g/mol. The van der Waals surface area contributed by atoms with Crippen LogP contribution in [0.1, 0.15) is 36.8 Å². The minimum Gasteiger partial charge on any atom is -0.366 e. The van der Waals surface area contributed by atoms with E-state index in [1.165, 1.54) is 0 Å². The molecule has 2 aromatic heterocycles. The Morgan fingerprint density at radius 3 is 2.24 bits per heavy atom. The predicted molar refractivity (Wildman–Crippen MR) is 142 cm³/mol. The van der Waals surface area contributed by atoms with Gasteiger partial charge < -0.3 is 21.4 Å². The maximum Gasteiger partial charge on any atom is 0.272 e. The summed E-state index contributed by atoms with van der Waals surface area (Å²) in [5, 5.41) is 3.76. The fourth-order valence-electron chi connectivity index (χ4n) is 4.21. The number of nitrogens with zero attached hydrogens (tertiary/aromatic N) is 2. The molecular weight excluding hydrogens is 466 g/mol. The zero-order valence-corrected chi connectivity index (χ0v) is 19.7. The zero-order chi connectivity index (χ0) is 25.9. The van der Waals surface area contributed by atoms with E-state index < -0.39 is 11.8 Å². The maximum absolute atomic E-state index is 13.5. The van der Waals surface area contributed by atoms with E-state index in [0.717, 1.165) is 22.2 Å². The topological polar surface area (TPSA) is 133 Å². The van der Waals surface area contributed by atoms with E-state index in [2.05, 4.69) is 10.3 Å². The molecule has 5 rings (SSSR count). The van der Waals surface area contributed by atoms with Gasteiger partial charge in [-0.15, -0.1) is 0 Å². The van der Waals surface area contributed by atoms with E-state index in [-0.39, 0.29) is 5.91 Å². The first kappa shape index (κ1) is 23.5. The summed E-state index contributed by atoms with van der Waals surface area (Å²) in [6.07, 6.45) is 1.72. The van der Waals surface area contributed by atoms with Gasteiger partial charge in [-0.3, -0.25) is 19.4 Å². The number of anilines is 1. The molecule has 3 amide bonds. The van der Waals surface area contributed by atoms with Gasteiger partial charge in [0.2, 0.25) is 11.8 Å². The average Bonchev–Trinajstić information content (AvgIpc) is 3.27. The minimum absolute atomic E-state index is 0.316. The summed E-state index contributed by atoms with van der Waals surface area (Å²) in [6.45, 7) is 0.321. The lowest BCUT2D eigenvalue weighted by molar-refractivity contribution is 0.0992. The van der Waals surface area contributed by atoms with Gasteiger partial charge in [-0.25, -0.2) is 0 Å². The third-order valence-electron chi connectivity index (χ3n) is 6.08. The fourth-order valence-corrected chi connectivity index (χ4v) is 4.21. The summed E-state index contributed by atoms with van der Waals surface area (Å²) >= 11 is 0. The predicted octanol–water partition coefficient (Wildman–Crippen LogP) is 4.20. The van der Waals surface area contributed by atoms with Gasteiger partial charge in [0, 0.05) is 46.0 Å². The molecule has 0 bridgehead atoms. The Hall–Kier alpha value is -5.24. The van der Waals surface area contributed by atoms with Gasteiger partial charge in [0.1, 0.15) is 5.69 Å². The molecule has 8 heteroatoms. The molecule has 0 aliphatic carbocycles. The molecule has 0 unspecified atom stereocenters. The summed E-state index contributed by atoms with van der Waals surface area (Å²) < 4.78 is 1.82. The first-order valence-corrected chi connectivity index (χ1v) is 11.5. The van der Waals surface area contributed by atoms with Crippen molar-refractivity contribution in [3.63, 3.8) is 0 Å². The van der Waals surface area contributed by atoms with Crippen LogP contribution in [0, 0.1) is 0 Å². The molecule has 0 aliphatic rings. The quantitative estimate of drug-likeness (QED) is 0.316. The van der Waals surface area contributed by atoms with Crippen molar-refractivity contribution in [3.05, 3.63) is 120 Å². The number of pyridine rings is 1. The number of carbonyl (C=O) groups is 3. The number of aromatic nitrogens is 2. The van der Waals surface area contributed by atoms with Gasteiger partial charge in [0.15, 0.2) is 0 Å². The Bertz CT molecular complexity index is 1640. The molecule has 2 heterocycles. The second-order valence-electron chi connectivity index (χ2n) is 8.56. The van der Waals surface area contributed by atoms with Gasteiger partial charge in [-0.05, 0) is 60.2 Å². The lowest BCUT2D eigenvalue weighted by Crippen LogP contribution is -2.18. The number of hydrogen-bond donors (Lipinski definition) is 3. The van der Waals surface area contributed by atoms with Gasteiger partial charge in [-0.1, -0.05) is 36.4 Å².